The molecule has 0 fully saturated rings. The first-order valence-corrected chi connectivity index (χ1v) is 9.79. The van der Waals surface area contributed by atoms with E-state index in [4.69, 9.17) is 0 Å². The molecule has 2 heteroatoms. The molecule has 0 bridgehead atoms. The Morgan fingerprint density at radius 1 is 1.10 bits per heavy atom. The lowest BCUT2D eigenvalue weighted by Crippen LogP contribution is -2.29. The molecule has 2 aromatic carbocycles. The van der Waals surface area contributed by atoms with Gasteiger partial charge in [-0.05, 0) is 12.5 Å². The van der Waals surface area contributed by atoms with Crippen LogP contribution in [0.4, 0.5) is 0 Å². The molecule has 0 aromatic heterocycles. The van der Waals surface area contributed by atoms with E-state index in [9.17, 15) is 4.79 Å². The smallest absolute Gasteiger partial charge is 0.192 e. The van der Waals surface area contributed by atoms with Crippen molar-refractivity contribution in [2.75, 3.05) is 0 Å². The SMILES string of the molecule is C=Cc1ccc(C(=O)c2ccc(C)cc2[SiH](C)C)cc1. The van der Waals surface area contributed by atoms with Gasteiger partial charge in [0.15, 0.2) is 5.78 Å². The average Bonchev–Trinajstić information content (AvgIpc) is 2.46. The molecular weight excluding hydrogens is 260 g/mol. The van der Waals surface area contributed by atoms with Crippen LogP contribution in [0.5, 0.6) is 0 Å². The Balaban J connectivity index is 2.44. The van der Waals surface area contributed by atoms with E-state index in [0.29, 0.717) is 0 Å². The summed E-state index contributed by atoms with van der Waals surface area (Å²) < 4.78 is 0. The number of ketones is 1. The molecule has 0 saturated heterocycles. The lowest BCUT2D eigenvalue weighted by atomic mass is 10.0. The van der Waals surface area contributed by atoms with Gasteiger partial charge in [0.1, 0.15) is 0 Å². The lowest BCUT2D eigenvalue weighted by Gasteiger charge is -2.12. The summed E-state index contributed by atoms with van der Waals surface area (Å²) in [5.74, 6) is 0.122. The fourth-order valence-corrected chi connectivity index (χ4v) is 3.74. The molecule has 2 aromatic rings. The first-order valence-electron chi connectivity index (χ1n) is 6.90. The van der Waals surface area contributed by atoms with Crippen LogP contribution >= 0.6 is 0 Å². The van der Waals surface area contributed by atoms with Gasteiger partial charge in [0.2, 0.25) is 0 Å². The van der Waals surface area contributed by atoms with Crippen molar-refractivity contribution in [3.63, 3.8) is 0 Å². The molecule has 0 N–H and O–H groups in total. The van der Waals surface area contributed by atoms with Crippen LogP contribution < -0.4 is 5.19 Å². The number of carbonyl (C=O) groups is 1. The summed E-state index contributed by atoms with van der Waals surface area (Å²) in [5.41, 5.74) is 3.86. The fraction of sp³-hybridized carbons (Fsp3) is 0.167. The third kappa shape index (κ3) is 2.97. The number of hydrogen-bond donors (Lipinski definition) is 0. The Hall–Kier alpha value is -1.93. The highest BCUT2D eigenvalue weighted by molar-refractivity contribution is 6.72. The lowest BCUT2D eigenvalue weighted by molar-refractivity contribution is 0.104. The minimum Gasteiger partial charge on any atom is -0.289 e. The highest BCUT2D eigenvalue weighted by Crippen LogP contribution is 2.12. The predicted octanol–water partition coefficient (Wildman–Crippen LogP) is 3.56. The van der Waals surface area contributed by atoms with E-state index in [1.807, 2.05) is 36.4 Å². The van der Waals surface area contributed by atoms with E-state index in [-0.39, 0.29) is 5.78 Å². The molecule has 0 radical (unpaired) electrons. The van der Waals surface area contributed by atoms with Gasteiger partial charge < -0.3 is 0 Å². The van der Waals surface area contributed by atoms with Crippen molar-refractivity contribution in [3.05, 3.63) is 71.3 Å². The third-order valence-corrected chi connectivity index (χ3v) is 5.20. The summed E-state index contributed by atoms with van der Waals surface area (Å²) in [6.07, 6.45) is 1.78. The minimum atomic E-state index is -1.03. The molecule has 2 rings (SSSR count). The Bertz CT molecular complexity index is 639. The molecule has 0 saturated carbocycles. The van der Waals surface area contributed by atoms with E-state index in [2.05, 4.69) is 32.7 Å². The van der Waals surface area contributed by atoms with Gasteiger partial charge in [-0.3, -0.25) is 4.79 Å². The maximum atomic E-state index is 12.7. The normalized spacial score (nSPS) is 10.6. The maximum Gasteiger partial charge on any atom is 0.192 e. The van der Waals surface area contributed by atoms with E-state index in [0.717, 1.165) is 16.7 Å². The van der Waals surface area contributed by atoms with Gasteiger partial charge in [-0.1, -0.05) is 79.0 Å². The average molecular weight is 280 g/mol. The van der Waals surface area contributed by atoms with Gasteiger partial charge in [0, 0.05) is 11.1 Å². The maximum absolute atomic E-state index is 12.7. The zero-order chi connectivity index (χ0) is 14.7. The van der Waals surface area contributed by atoms with E-state index in [1.165, 1.54) is 10.8 Å². The molecule has 0 unspecified atom stereocenters. The second-order valence-corrected chi connectivity index (χ2v) is 8.33. The summed E-state index contributed by atoms with van der Waals surface area (Å²) in [6.45, 7) is 10.3. The van der Waals surface area contributed by atoms with Crippen molar-refractivity contribution in [2.24, 2.45) is 0 Å². The molecule has 0 atom stereocenters. The first kappa shape index (κ1) is 14.5. The van der Waals surface area contributed by atoms with Gasteiger partial charge in [0.25, 0.3) is 0 Å². The Morgan fingerprint density at radius 3 is 2.30 bits per heavy atom. The number of rotatable bonds is 4. The summed E-state index contributed by atoms with van der Waals surface area (Å²) in [4.78, 5) is 12.7. The second kappa shape index (κ2) is 6.01. The summed E-state index contributed by atoms with van der Waals surface area (Å²) >= 11 is 0. The van der Waals surface area contributed by atoms with Crippen molar-refractivity contribution in [1.82, 2.24) is 0 Å². The standard InChI is InChI=1S/C18H20OSi/c1-5-14-7-9-15(10-8-14)18(19)16-11-6-13(2)12-17(16)20(3)4/h5-12,20H,1H2,2-4H3. The van der Waals surface area contributed by atoms with Crippen LogP contribution in [0, 0.1) is 6.92 Å². The Kier molecular flexibility index (Phi) is 4.35. The molecule has 102 valence electrons. The summed E-state index contributed by atoms with van der Waals surface area (Å²) in [7, 11) is -1.03. The quantitative estimate of drug-likeness (QED) is 0.618. The van der Waals surface area contributed by atoms with Crippen LogP contribution in [0.15, 0.2) is 49.0 Å². The number of aryl methyl sites for hydroxylation is 1. The van der Waals surface area contributed by atoms with Crippen molar-refractivity contribution in [1.29, 1.82) is 0 Å². The van der Waals surface area contributed by atoms with Gasteiger partial charge >= 0.3 is 0 Å². The topological polar surface area (TPSA) is 17.1 Å². The number of carbonyl (C=O) groups excluding carboxylic acids is 1. The highest BCUT2D eigenvalue weighted by atomic mass is 28.3. The summed E-state index contributed by atoms with van der Waals surface area (Å²) in [6, 6.07) is 13.8. The largest absolute Gasteiger partial charge is 0.289 e. The molecule has 0 heterocycles. The van der Waals surface area contributed by atoms with Crippen LogP contribution in [-0.4, -0.2) is 14.6 Å². The second-order valence-electron chi connectivity index (χ2n) is 5.40. The van der Waals surface area contributed by atoms with E-state index < -0.39 is 8.80 Å². The fourth-order valence-electron chi connectivity index (χ4n) is 2.29. The van der Waals surface area contributed by atoms with Crippen LogP contribution in [0.1, 0.15) is 27.0 Å². The molecule has 0 spiro atoms. The monoisotopic (exact) mass is 280 g/mol. The van der Waals surface area contributed by atoms with Crippen LogP contribution in [-0.2, 0) is 0 Å². The van der Waals surface area contributed by atoms with Gasteiger partial charge in [-0.2, -0.15) is 0 Å². The molecule has 0 amide bonds. The number of benzene rings is 2. The molecule has 1 nitrogen and oxygen atoms in total. The predicted molar refractivity (Wildman–Crippen MR) is 89.7 cm³/mol. The third-order valence-electron chi connectivity index (χ3n) is 3.48. The molecule has 0 aliphatic rings. The van der Waals surface area contributed by atoms with Crippen molar-refractivity contribution < 1.29 is 4.79 Å². The van der Waals surface area contributed by atoms with Crippen molar-refractivity contribution >= 4 is 25.8 Å². The zero-order valence-electron chi connectivity index (χ0n) is 12.3. The molecular formula is C18H20OSi. The van der Waals surface area contributed by atoms with E-state index in [1.54, 1.807) is 6.08 Å². The first-order chi connectivity index (χ1) is 9.52. The zero-order valence-corrected chi connectivity index (χ0v) is 13.5. The summed E-state index contributed by atoms with van der Waals surface area (Å²) in [5, 5.41) is 1.25. The Labute approximate surface area is 122 Å². The van der Waals surface area contributed by atoms with E-state index >= 15 is 0 Å². The van der Waals surface area contributed by atoms with Crippen LogP contribution in [0.2, 0.25) is 13.1 Å². The van der Waals surface area contributed by atoms with Crippen LogP contribution in [0.3, 0.4) is 0 Å². The van der Waals surface area contributed by atoms with Gasteiger partial charge in [-0.25, -0.2) is 0 Å². The number of hydrogen-bond acceptors (Lipinski definition) is 1. The van der Waals surface area contributed by atoms with Crippen LogP contribution in [0.25, 0.3) is 6.08 Å². The molecule has 0 aliphatic carbocycles. The molecule has 0 aliphatic heterocycles. The van der Waals surface area contributed by atoms with Gasteiger partial charge in [0.05, 0.1) is 8.80 Å². The van der Waals surface area contributed by atoms with Crippen molar-refractivity contribution in [3.8, 4) is 0 Å². The van der Waals surface area contributed by atoms with Crippen molar-refractivity contribution in [2.45, 2.75) is 20.0 Å². The molecule has 20 heavy (non-hydrogen) atoms. The van der Waals surface area contributed by atoms with Gasteiger partial charge in [-0.15, -0.1) is 0 Å². The highest BCUT2D eigenvalue weighted by Gasteiger charge is 2.16. The Morgan fingerprint density at radius 2 is 1.75 bits per heavy atom. The minimum absolute atomic E-state index is 0.122.